The second-order valence-corrected chi connectivity index (χ2v) is 18.9. The van der Waals surface area contributed by atoms with E-state index in [4.69, 9.17) is 48.2 Å². The molecule has 0 bridgehead atoms. The zero-order valence-electron chi connectivity index (χ0n) is 32.3. The molecule has 0 spiro atoms. The number of halogens is 8. The van der Waals surface area contributed by atoms with Crippen molar-refractivity contribution in [1.82, 2.24) is 19.5 Å². The molecule has 0 amide bonds. The van der Waals surface area contributed by atoms with Gasteiger partial charge in [0.15, 0.2) is 34.6 Å². The summed E-state index contributed by atoms with van der Waals surface area (Å²) in [5.41, 5.74) is 2.36. The molecular formula is C35H38Cl2F6N5O11PS. The Balaban J connectivity index is 0.000000264. The van der Waals surface area contributed by atoms with E-state index in [2.05, 4.69) is 10.3 Å². The van der Waals surface area contributed by atoms with Gasteiger partial charge in [-0.25, -0.2) is 22.2 Å². The SMILES string of the molecule is CCOC(=O)C(Cl)Cc1cc(-n2nc(C)n(C(F)F)c2=O)c(F)cc1Cl.CP(=O)(O)CCC(N)C(=O)O.CS(=O)(=O)c1cc(C(F)(F)F)ccc1C(=O)c1cnoc1C1CC1. The number of aliphatic carboxylic acids is 1. The smallest absolute Gasteiger partial charge is 0.416 e. The Morgan fingerprint density at radius 1 is 1.15 bits per heavy atom. The van der Waals surface area contributed by atoms with E-state index in [0.717, 1.165) is 37.3 Å². The number of benzene rings is 2. The second-order valence-electron chi connectivity index (χ2n) is 13.4. The van der Waals surface area contributed by atoms with E-state index < -0.39 is 81.0 Å². The van der Waals surface area contributed by atoms with Crippen molar-refractivity contribution >= 4 is 58.1 Å². The number of ether oxygens (including phenoxy) is 1. The van der Waals surface area contributed by atoms with Crippen LogP contribution in [-0.4, -0.2) is 92.8 Å². The molecule has 16 nitrogen and oxygen atoms in total. The number of carboxylic acids is 1. The highest BCUT2D eigenvalue weighted by atomic mass is 35.5. The van der Waals surface area contributed by atoms with E-state index in [1.54, 1.807) is 6.92 Å². The van der Waals surface area contributed by atoms with Gasteiger partial charge in [0.1, 0.15) is 22.9 Å². The van der Waals surface area contributed by atoms with E-state index in [1.165, 1.54) is 19.8 Å². The van der Waals surface area contributed by atoms with Crippen LogP contribution in [0.25, 0.3) is 5.69 Å². The van der Waals surface area contributed by atoms with Crippen molar-refractivity contribution in [3.8, 4) is 5.69 Å². The Kier molecular flexibility index (Phi) is 17.1. The maximum Gasteiger partial charge on any atom is 0.416 e. The third-order valence-electron chi connectivity index (χ3n) is 8.38. The summed E-state index contributed by atoms with van der Waals surface area (Å²) in [6, 6.07) is 3.04. The van der Waals surface area contributed by atoms with Crippen LogP contribution in [0.15, 0.2) is 50.7 Å². The van der Waals surface area contributed by atoms with E-state index in [9.17, 15) is 58.5 Å². The molecule has 3 unspecified atom stereocenters. The van der Waals surface area contributed by atoms with Gasteiger partial charge in [-0.3, -0.25) is 18.9 Å². The molecule has 4 N–H and O–H groups in total. The third-order valence-corrected chi connectivity index (χ3v) is 11.3. The number of aryl methyl sites for hydroxylation is 1. The quantitative estimate of drug-likeness (QED) is 0.0423. The summed E-state index contributed by atoms with van der Waals surface area (Å²) in [7, 11) is -7.14. The average molecular weight is 953 g/mol. The average Bonchev–Trinajstić information content (AvgIpc) is 3.79. The van der Waals surface area contributed by atoms with Gasteiger partial charge in [0.25, 0.3) is 0 Å². The fourth-order valence-electron chi connectivity index (χ4n) is 5.17. The summed E-state index contributed by atoms with van der Waals surface area (Å²) in [4.78, 5) is 54.6. The molecule has 61 heavy (non-hydrogen) atoms. The number of carbonyl (C=O) groups excluding carboxylic acids is 2. The number of carboxylic acid groups (broad SMARTS) is 1. The van der Waals surface area contributed by atoms with E-state index in [-0.39, 0.29) is 69.3 Å². The van der Waals surface area contributed by atoms with Crippen LogP contribution in [0.2, 0.25) is 5.02 Å². The highest BCUT2D eigenvalue weighted by Gasteiger charge is 2.36. The lowest BCUT2D eigenvalue weighted by molar-refractivity contribution is -0.142. The minimum absolute atomic E-state index is 0.0412. The minimum Gasteiger partial charge on any atom is -0.480 e. The van der Waals surface area contributed by atoms with Crippen LogP contribution in [0.3, 0.4) is 0 Å². The fraction of sp³-hybridized carbons (Fsp3) is 0.429. The molecular weight excluding hydrogens is 914 g/mol. The number of ketones is 1. The Morgan fingerprint density at radius 2 is 1.77 bits per heavy atom. The number of sulfone groups is 1. The van der Waals surface area contributed by atoms with Crippen molar-refractivity contribution in [3.05, 3.63) is 91.7 Å². The van der Waals surface area contributed by atoms with Crippen LogP contribution in [0, 0.1) is 12.7 Å². The second kappa shape index (κ2) is 20.6. The molecule has 2 heterocycles. The number of nitrogens with zero attached hydrogens (tertiary/aromatic N) is 4. The molecule has 2 aromatic heterocycles. The zero-order valence-corrected chi connectivity index (χ0v) is 35.6. The summed E-state index contributed by atoms with van der Waals surface area (Å²) in [6.45, 7) is 0.987. The lowest BCUT2D eigenvalue weighted by Gasteiger charge is -2.12. The van der Waals surface area contributed by atoms with Gasteiger partial charge in [-0.2, -0.15) is 26.6 Å². The molecule has 1 fully saturated rings. The Bertz CT molecular complexity index is 2470. The number of esters is 1. The van der Waals surface area contributed by atoms with Crippen molar-refractivity contribution in [3.63, 3.8) is 0 Å². The normalized spacial score (nSPS) is 14.8. The molecule has 3 atom stereocenters. The Labute approximate surface area is 352 Å². The van der Waals surface area contributed by atoms with Gasteiger partial charge < -0.3 is 25.0 Å². The first-order valence-corrected chi connectivity index (χ1v) is 22.5. The van der Waals surface area contributed by atoms with E-state index >= 15 is 0 Å². The standard InChI is InChI=1S/C15H14Cl2F3N3O3.C15H12F3NO4S.C5H12NO4P/c1-3-26-13(24)10(17)4-8-5-12(11(18)6-9(8)16)23-15(25)22(14(19)20)7(2)21-23;1-24(21,22)12-6-9(15(16,17)18)4-5-10(12)13(20)11-7-19-23-14(11)8-2-3-8;1-11(9,10)3-2-4(6)5(7)8/h5-6,10,14H,3-4H2,1-2H3;4-8H,2-3H2,1H3;4H,2-3,6H2,1H3,(H,7,8)(H,9,10). The number of rotatable bonds is 14. The fourth-order valence-corrected chi connectivity index (χ4v) is 7.28. The van der Waals surface area contributed by atoms with E-state index in [1.807, 2.05) is 0 Å². The lowest BCUT2D eigenvalue weighted by Crippen LogP contribution is -2.30. The van der Waals surface area contributed by atoms with Crippen molar-refractivity contribution in [1.29, 1.82) is 0 Å². The summed E-state index contributed by atoms with van der Waals surface area (Å²) < 4.78 is 123. The maximum absolute atomic E-state index is 14.2. The van der Waals surface area contributed by atoms with Crippen LogP contribution in [-0.2, 0) is 41.3 Å². The minimum atomic E-state index is -4.71. The Morgan fingerprint density at radius 3 is 2.26 bits per heavy atom. The summed E-state index contributed by atoms with van der Waals surface area (Å²) in [5.74, 6) is -3.39. The summed E-state index contributed by atoms with van der Waals surface area (Å²) in [5, 5.41) is 14.4. The molecule has 1 aliphatic rings. The predicted molar refractivity (Wildman–Crippen MR) is 206 cm³/mol. The zero-order chi connectivity index (χ0) is 46.4. The number of alkyl halides is 6. The Hall–Kier alpha value is -4.54. The number of aromatic nitrogens is 4. The molecule has 1 saturated carbocycles. The predicted octanol–water partition coefficient (Wildman–Crippen LogP) is 6.14. The first kappa shape index (κ1) is 50.8. The lowest BCUT2D eigenvalue weighted by atomic mass is 10.0. The van der Waals surface area contributed by atoms with Crippen LogP contribution in [0.4, 0.5) is 26.3 Å². The van der Waals surface area contributed by atoms with Gasteiger partial charge in [0.05, 0.1) is 28.8 Å². The van der Waals surface area contributed by atoms with Gasteiger partial charge in [0, 0.05) is 42.0 Å². The van der Waals surface area contributed by atoms with Crippen molar-refractivity contribution in [2.45, 2.75) is 74.5 Å². The van der Waals surface area contributed by atoms with Gasteiger partial charge in [-0.05, 0) is 69.0 Å². The van der Waals surface area contributed by atoms with E-state index in [0.29, 0.717) is 22.6 Å². The molecule has 26 heteroatoms. The molecule has 5 rings (SSSR count). The topological polar surface area (TPSA) is 244 Å². The van der Waals surface area contributed by atoms with Crippen molar-refractivity contribution in [2.24, 2.45) is 5.73 Å². The largest absolute Gasteiger partial charge is 0.480 e. The number of carbonyl (C=O) groups is 3. The molecule has 1 aliphatic carbocycles. The van der Waals surface area contributed by atoms with Crippen molar-refractivity contribution in [2.75, 3.05) is 25.7 Å². The summed E-state index contributed by atoms with van der Waals surface area (Å²) in [6.07, 6.45) is -1.26. The third kappa shape index (κ3) is 14.0. The molecule has 0 aliphatic heterocycles. The van der Waals surface area contributed by atoms with Gasteiger partial charge in [-0.1, -0.05) is 16.8 Å². The molecule has 4 aromatic rings. The van der Waals surface area contributed by atoms with Crippen LogP contribution in [0.1, 0.15) is 77.3 Å². The monoisotopic (exact) mass is 951 g/mol. The molecule has 0 radical (unpaired) electrons. The van der Waals surface area contributed by atoms with Crippen LogP contribution >= 0.6 is 30.6 Å². The number of hydrogen-bond acceptors (Lipinski definition) is 12. The molecule has 0 saturated heterocycles. The van der Waals surface area contributed by atoms with Gasteiger partial charge in [-0.15, -0.1) is 16.7 Å². The van der Waals surface area contributed by atoms with Gasteiger partial charge >= 0.3 is 30.4 Å². The first-order chi connectivity index (χ1) is 28.1. The highest BCUT2D eigenvalue weighted by molar-refractivity contribution is 7.90. The maximum atomic E-state index is 14.2. The first-order valence-electron chi connectivity index (χ1n) is 17.5. The molecule has 2 aromatic carbocycles. The van der Waals surface area contributed by atoms with Crippen molar-refractivity contribution < 1.29 is 73.0 Å². The van der Waals surface area contributed by atoms with Crippen LogP contribution < -0.4 is 11.4 Å². The number of nitrogens with two attached hydrogens (primary N) is 1. The highest BCUT2D eigenvalue weighted by Crippen LogP contribution is 2.42. The molecule has 336 valence electrons. The summed E-state index contributed by atoms with van der Waals surface area (Å²) >= 11 is 11.9. The van der Waals surface area contributed by atoms with Gasteiger partial charge in [0.2, 0.25) is 0 Å². The number of hydrogen-bond donors (Lipinski definition) is 3. The van der Waals surface area contributed by atoms with Crippen LogP contribution in [0.5, 0.6) is 0 Å².